The number of fused-ring (bicyclic) bond motifs is 1. The summed E-state index contributed by atoms with van der Waals surface area (Å²) in [4.78, 5) is 54.8. The van der Waals surface area contributed by atoms with Crippen LogP contribution in [0.3, 0.4) is 0 Å². The first-order valence-electron chi connectivity index (χ1n) is 13.9. The van der Waals surface area contributed by atoms with Crippen LogP contribution in [0.25, 0.3) is 11.0 Å². The van der Waals surface area contributed by atoms with E-state index in [0.717, 1.165) is 0 Å². The quantitative estimate of drug-likeness (QED) is 0.273. The molecule has 2 atom stereocenters. The van der Waals surface area contributed by atoms with Crippen molar-refractivity contribution < 1.29 is 65.1 Å². The number of carbonyl (C=O) groups is 4. The Morgan fingerprint density at radius 2 is 1.77 bits per heavy atom. The summed E-state index contributed by atoms with van der Waals surface area (Å²) in [6.45, 7) is 1.27. The van der Waals surface area contributed by atoms with Crippen molar-refractivity contribution in [3.8, 4) is 0 Å². The smallest absolute Gasteiger partial charge is 0.481 e. The third kappa shape index (κ3) is 7.25. The summed E-state index contributed by atoms with van der Waals surface area (Å²) in [5.74, 6) is -8.79. The summed E-state index contributed by atoms with van der Waals surface area (Å²) in [6.07, 6.45) is -6.47. The van der Waals surface area contributed by atoms with Gasteiger partial charge in [-0.15, -0.1) is 0 Å². The lowest BCUT2D eigenvalue weighted by molar-refractivity contribution is -0.192. The van der Waals surface area contributed by atoms with Crippen LogP contribution in [-0.2, 0) is 19.7 Å². The number of carboxylic acid groups (broad SMARTS) is 2. The average molecular weight is 679 g/mol. The third-order valence-electron chi connectivity index (χ3n) is 8.16. The zero-order chi connectivity index (χ0) is 34.9. The lowest BCUT2D eigenvalue weighted by Gasteiger charge is -2.33. The number of carboxylic acids is 2. The number of ether oxygens (including phenoxy) is 1. The summed E-state index contributed by atoms with van der Waals surface area (Å²) < 4.78 is 84.9. The van der Waals surface area contributed by atoms with Crippen LogP contribution < -0.4 is 5.32 Å². The number of amides is 2. The van der Waals surface area contributed by atoms with E-state index in [4.69, 9.17) is 14.6 Å². The molecule has 5 rings (SSSR count). The van der Waals surface area contributed by atoms with E-state index < -0.39 is 59.2 Å². The first-order chi connectivity index (χ1) is 21.9. The normalized spacial score (nSPS) is 20.3. The largest absolute Gasteiger partial charge is 0.490 e. The van der Waals surface area contributed by atoms with Gasteiger partial charge < -0.3 is 30.2 Å². The molecule has 2 aromatic heterocycles. The van der Waals surface area contributed by atoms with Gasteiger partial charge in [-0.05, 0) is 43.3 Å². The molecule has 0 spiro atoms. The van der Waals surface area contributed by atoms with Crippen molar-refractivity contribution in [3.63, 3.8) is 0 Å². The van der Waals surface area contributed by atoms with Gasteiger partial charge in [-0.1, -0.05) is 11.2 Å². The maximum atomic E-state index is 16.0. The van der Waals surface area contributed by atoms with Crippen LogP contribution >= 0.6 is 0 Å². The van der Waals surface area contributed by atoms with Crippen molar-refractivity contribution >= 4 is 35.0 Å². The maximum absolute atomic E-state index is 16.0. The fourth-order valence-corrected chi connectivity index (χ4v) is 5.63. The van der Waals surface area contributed by atoms with Crippen LogP contribution in [0.5, 0.6) is 0 Å². The highest BCUT2D eigenvalue weighted by atomic mass is 19.4. The van der Waals surface area contributed by atoms with Crippen molar-refractivity contribution in [2.45, 2.75) is 62.6 Å². The standard InChI is InChI=1S/C25H27F3N6O6.C2HF3O2/c1-12-17(33-40-32-12)21(35)31-18(13-5-7-25(27,28)8-6-13)20-29-15-4-3-14(16(26)19(15)30-20)24(22(36)37)9-10-34(11-24)23(38)39-2;3-2(4,5)1(6)7/h3-4,13,18H,5-11H2,1-2H3,(H,29,30)(H,31,35)(H,36,37);(H,6,7)/t18-,24?;/m0./s1. The predicted molar refractivity (Wildman–Crippen MR) is 144 cm³/mol. The molecule has 1 saturated carbocycles. The van der Waals surface area contributed by atoms with Gasteiger partial charge in [0.1, 0.15) is 22.5 Å². The van der Waals surface area contributed by atoms with Crippen molar-refractivity contribution in [1.82, 2.24) is 30.5 Å². The van der Waals surface area contributed by atoms with E-state index in [1.54, 1.807) is 0 Å². The molecule has 1 unspecified atom stereocenters. The fraction of sp³-hybridized carbons (Fsp3) is 0.519. The third-order valence-corrected chi connectivity index (χ3v) is 8.16. The number of alkyl halides is 5. The SMILES string of the molecule is COC(=O)N1CCC(C(=O)O)(c2ccc3[nH]c([C@@H](NC(=O)c4nonc4C)C4CCC(F)(F)CC4)nc3c2F)C1.O=C(O)C(F)(F)F. The van der Waals surface area contributed by atoms with Crippen LogP contribution in [0, 0.1) is 18.7 Å². The predicted octanol–water partition coefficient (Wildman–Crippen LogP) is 4.12. The Labute approximate surface area is 260 Å². The Morgan fingerprint density at radius 1 is 1.13 bits per heavy atom. The van der Waals surface area contributed by atoms with Crippen LogP contribution in [0.4, 0.5) is 31.1 Å². The number of aromatic nitrogens is 4. The number of aryl methyl sites for hydroxylation is 1. The minimum absolute atomic E-state index is 0.0444. The first-order valence-corrected chi connectivity index (χ1v) is 13.9. The first kappa shape index (κ1) is 35.0. The Bertz CT molecular complexity index is 1670. The number of aliphatic carboxylic acids is 2. The zero-order valence-electron chi connectivity index (χ0n) is 24.7. The van der Waals surface area contributed by atoms with Crippen LogP contribution in [0.2, 0.25) is 0 Å². The highest BCUT2D eigenvalue weighted by molar-refractivity contribution is 5.93. The molecule has 3 heterocycles. The number of hydrogen-bond donors (Lipinski definition) is 4. The van der Waals surface area contributed by atoms with E-state index in [1.165, 1.54) is 31.1 Å². The van der Waals surface area contributed by atoms with E-state index in [1.807, 2.05) is 0 Å². The number of methoxy groups -OCH3 is 1. The number of aromatic amines is 1. The van der Waals surface area contributed by atoms with Crippen molar-refractivity contribution in [1.29, 1.82) is 0 Å². The summed E-state index contributed by atoms with van der Waals surface area (Å²) in [5.41, 5.74) is -1.70. The molecule has 47 heavy (non-hydrogen) atoms. The minimum Gasteiger partial charge on any atom is -0.481 e. The van der Waals surface area contributed by atoms with Gasteiger partial charge in [-0.3, -0.25) is 9.59 Å². The number of nitrogens with one attached hydrogen (secondary N) is 2. The van der Waals surface area contributed by atoms with Gasteiger partial charge in [0.05, 0.1) is 18.7 Å². The molecule has 4 N–H and O–H groups in total. The second-order valence-electron chi connectivity index (χ2n) is 11.1. The highest BCUT2D eigenvalue weighted by Gasteiger charge is 2.50. The van der Waals surface area contributed by atoms with Crippen molar-refractivity contribution in [3.05, 3.63) is 40.7 Å². The topological polar surface area (TPSA) is 201 Å². The summed E-state index contributed by atoms with van der Waals surface area (Å²) in [5, 5.41) is 27.2. The highest BCUT2D eigenvalue weighted by Crippen LogP contribution is 2.42. The molecule has 0 radical (unpaired) electrons. The van der Waals surface area contributed by atoms with Crippen LogP contribution in [0.15, 0.2) is 16.8 Å². The van der Waals surface area contributed by atoms with Gasteiger partial charge >= 0.3 is 24.2 Å². The number of benzene rings is 1. The van der Waals surface area contributed by atoms with E-state index in [-0.39, 0.29) is 79.0 Å². The van der Waals surface area contributed by atoms with E-state index in [0.29, 0.717) is 0 Å². The number of halogens is 6. The second-order valence-corrected chi connectivity index (χ2v) is 11.1. The zero-order valence-corrected chi connectivity index (χ0v) is 24.7. The Hall–Kier alpha value is -4.91. The molecular formula is C27H28F6N6O8. The number of nitrogens with zero attached hydrogens (tertiary/aromatic N) is 4. The van der Waals surface area contributed by atoms with Gasteiger partial charge in [0.2, 0.25) is 5.92 Å². The lowest BCUT2D eigenvalue weighted by Crippen LogP contribution is -2.41. The summed E-state index contributed by atoms with van der Waals surface area (Å²) in [6, 6.07) is 1.88. The molecule has 3 aromatic rings. The molecule has 1 aliphatic carbocycles. The van der Waals surface area contributed by atoms with E-state index in [2.05, 4.69) is 30.2 Å². The maximum Gasteiger partial charge on any atom is 0.490 e. The molecule has 1 saturated heterocycles. The molecular weight excluding hydrogens is 650 g/mol. The van der Waals surface area contributed by atoms with Gasteiger partial charge in [-0.2, -0.15) is 13.2 Å². The van der Waals surface area contributed by atoms with Crippen LogP contribution in [-0.4, -0.2) is 91.6 Å². The van der Waals surface area contributed by atoms with Crippen molar-refractivity contribution in [2.24, 2.45) is 5.92 Å². The molecule has 1 aromatic carbocycles. The number of carbonyl (C=O) groups excluding carboxylic acids is 2. The lowest BCUT2D eigenvalue weighted by atomic mass is 9.79. The molecule has 2 fully saturated rings. The number of hydrogen-bond acceptors (Lipinski definition) is 9. The summed E-state index contributed by atoms with van der Waals surface area (Å²) >= 11 is 0. The van der Waals surface area contributed by atoms with Gasteiger partial charge in [0.25, 0.3) is 5.91 Å². The van der Waals surface area contributed by atoms with E-state index >= 15 is 4.39 Å². The molecule has 2 amide bonds. The van der Waals surface area contributed by atoms with Gasteiger partial charge in [-0.25, -0.2) is 32.4 Å². The Kier molecular flexibility index (Phi) is 9.72. The fourth-order valence-electron chi connectivity index (χ4n) is 5.63. The molecule has 20 heteroatoms. The molecule has 2 aliphatic rings. The summed E-state index contributed by atoms with van der Waals surface area (Å²) in [7, 11) is 1.17. The molecule has 1 aliphatic heterocycles. The van der Waals surface area contributed by atoms with Crippen LogP contribution in [0.1, 0.15) is 65.7 Å². The average Bonchev–Trinajstić information content (AvgIpc) is 3.75. The monoisotopic (exact) mass is 678 g/mol. The van der Waals surface area contributed by atoms with E-state index in [9.17, 15) is 41.4 Å². The molecule has 256 valence electrons. The number of likely N-dealkylation sites (tertiary alicyclic amines) is 1. The number of imidazole rings is 1. The number of H-pyrrole nitrogens is 1. The molecule has 14 nitrogen and oxygen atoms in total. The van der Waals surface area contributed by atoms with Gasteiger partial charge in [0.15, 0.2) is 11.5 Å². The molecule has 0 bridgehead atoms. The van der Waals surface area contributed by atoms with Gasteiger partial charge in [0, 0.05) is 31.5 Å². The number of rotatable bonds is 6. The van der Waals surface area contributed by atoms with Crippen molar-refractivity contribution in [2.75, 3.05) is 20.2 Å². The second kappa shape index (κ2) is 13.1. The minimum atomic E-state index is -5.08. The Balaban J connectivity index is 0.000000644. The Morgan fingerprint density at radius 3 is 2.30 bits per heavy atom.